The molecule has 1 aromatic heterocycles. The van der Waals surface area contributed by atoms with Crippen LogP contribution in [0.4, 0.5) is 16.3 Å². The summed E-state index contributed by atoms with van der Waals surface area (Å²) in [5.74, 6) is 2.34. The molecule has 1 aliphatic heterocycles. The van der Waals surface area contributed by atoms with E-state index in [2.05, 4.69) is 15.4 Å². The van der Waals surface area contributed by atoms with Crippen LogP contribution in [0, 0.1) is 6.92 Å². The molecule has 122 valence electrons. The van der Waals surface area contributed by atoms with E-state index >= 15 is 0 Å². The number of aromatic nitrogens is 1. The summed E-state index contributed by atoms with van der Waals surface area (Å²) in [5.41, 5.74) is 0.726. The van der Waals surface area contributed by atoms with Gasteiger partial charge in [0.25, 0.3) is 0 Å². The predicted molar refractivity (Wildman–Crippen MR) is 87.0 cm³/mol. The van der Waals surface area contributed by atoms with Gasteiger partial charge in [0.1, 0.15) is 11.5 Å². The highest BCUT2D eigenvalue weighted by Gasteiger charge is 2.22. The molecule has 2 amide bonds. The van der Waals surface area contributed by atoms with Crippen molar-refractivity contribution in [1.29, 1.82) is 0 Å². The van der Waals surface area contributed by atoms with Crippen LogP contribution < -0.4 is 15.0 Å². The van der Waals surface area contributed by atoms with Gasteiger partial charge in [0.05, 0.1) is 7.11 Å². The number of anilines is 2. The number of ether oxygens (including phenoxy) is 1. The number of piperazine rings is 1. The minimum Gasteiger partial charge on any atom is -0.497 e. The molecule has 0 spiro atoms. The Labute approximate surface area is 134 Å². The van der Waals surface area contributed by atoms with Gasteiger partial charge in [-0.2, -0.15) is 0 Å². The smallest absolute Gasteiger partial charge is 0.321 e. The van der Waals surface area contributed by atoms with Gasteiger partial charge in [-0.3, -0.25) is 0 Å². The number of aryl methyl sites for hydroxylation is 1. The fourth-order valence-corrected chi connectivity index (χ4v) is 2.54. The van der Waals surface area contributed by atoms with Crippen molar-refractivity contribution in [3.8, 4) is 5.75 Å². The minimum absolute atomic E-state index is 0.103. The number of rotatable bonds is 3. The fourth-order valence-electron chi connectivity index (χ4n) is 2.54. The zero-order chi connectivity index (χ0) is 16.2. The van der Waals surface area contributed by atoms with Crippen molar-refractivity contribution < 1.29 is 14.1 Å². The number of hydrogen-bond acceptors (Lipinski definition) is 5. The first-order valence-corrected chi connectivity index (χ1v) is 7.54. The largest absolute Gasteiger partial charge is 0.497 e. The molecule has 1 N–H and O–H groups in total. The Kier molecular flexibility index (Phi) is 4.36. The number of carbonyl (C=O) groups is 1. The third-order valence-corrected chi connectivity index (χ3v) is 3.83. The summed E-state index contributed by atoms with van der Waals surface area (Å²) in [6.07, 6.45) is 0. The fraction of sp³-hybridized carbons (Fsp3) is 0.375. The summed E-state index contributed by atoms with van der Waals surface area (Å²) in [6.45, 7) is 4.62. The van der Waals surface area contributed by atoms with Crippen LogP contribution in [0.3, 0.4) is 0 Å². The lowest BCUT2D eigenvalue weighted by Crippen LogP contribution is -2.50. The van der Waals surface area contributed by atoms with Crippen molar-refractivity contribution in [3.05, 3.63) is 36.1 Å². The van der Waals surface area contributed by atoms with Crippen LogP contribution in [0.5, 0.6) is 5.75 Å². The summed E-state index contributed by atoms with van der Waals surface area (Å²) in [4.78, 5) is 16.2. The zero-order valence-corrected chi connectivity index (χ0v) is 13.3. The van der Waals surface area contributed by atoms with Crippen molar-refractivity contribution in [2.75, 3.05) is 43.5 Å². The summed E-state index contributed by atoms with van der Waals surface area (Å²) in [7, 11) is 1.60. The van der Waals surface area contributed by atoms with Gasteiger partial charge in [-0.05, 0) is 19.1 Å². The zero-order valence-electron chi connectivity index (χ0n) is 13.3. The van der Waals surface area contributed by atoms with Crippen LogP contribution in [-0.4, -0.2) is 49.4 Å². The van der Waals surface area contributed by atoms with Crippen LogP contribution in [0.2, 0.25) is 0 Å². The van der Waals surface area contributed by atoms with Crippen LogP contribution >= 0.6 is 0 Å². The normalized spacial score (nSPS) is 14.7. The first-order chi connectivity index (χ1) is 11.2. The molecule has 7 heteroatoms. The molecule has 1 saturated heterocycles. The van der Waals surface area contributed by atoms with Gasteiger partial charge >= 0.3 is 6.03 Å². The van der Waals surface area contributed by atoms with Crippen molar-refractivity contribution >= 4 is 17.5 Å². The molecule has 7 nitrogen and oxygen atoms in total. The summed E-state index contributed by atoms with van der Waals surface area (Å²) >= 11 is 0. The quantitative estimate of drug-likeness (QED) is 0.941. The third kappa shape index (κ3) is 3.56. The molecular weight excluding hydrogens is 296 g/mol. The monoisotopic (exact) mass is 316 g/mol. The Bertz CT molecular complexity index is 677. The van der Waals surface area contributed by atoms with Crippen LogP contribution in [0.1, 0.15) is 5.76 Å². The second-order valence-corrected chi connectivity index (χ2v) is 5.43. The second-order valence-electron chi connectivity index (χ2n) is 5.43. The lowest BCUT2D eigenvalue weighted by Gasteiger charge is -2.34. The molecule has 2 heterocycles. The highest BCUT2D eigenvalue weighted by Crippen LogP contribution is 2.19. The molecule has 23 heavy (non-hydrogen) atoms. The highest BCUT2D eigenvalue weighted by atomic mass is 16.5. The number of hydrogen-bond donors (Lipinski definition) is 1. The number of nitrogens with one attached hydrogen (secondary N) is 1. The molecule has 0 aliphatic carbocycles. The van der Waals surface area contributed by atoms with Crippen molar-refractivity contribution in [2.24, 2.45) is 0 Å². The van der Waals surface area contributed by atoms with E-state index in [1.54, 1.807) is 18.1 Å². The molecular formula is C16H20N4O3. The van der Waals surface area contributed by atoms with Gasteiger partial charge in [0.2, 0.25) is 0 Å². The van der Waals surface area contributed by atoms with Gasteiger partial charge in [0.15, 0.2) is 5.82 Å². The van der Waals surface area contributed by atoms with E-state index in [1.165, 1.54) is 0 Å². The molecule has 1 fully saturated rings. The van der Waals surface area contributed by atoms with E-state index in [0.717, 1.165) is 30.4 Å². The van der Waals surface area contributed by atoms with Crippen molar-refractivity contribution in [1.82, 2.24) is 10.1 Å². The Hall–Kier alpha value is -2.70. The topological polar surface area (TPSA) is 70.8 Å². The number of amides is 2. The Morgan fingerprint density at radius 2 is 2.04 bits per heavy atom. The van der Waals surface area contributed by atoms with Crippen molar-refractivity contribution in [3.63, 3.8) is 0 Å². The van der Waals surface area contributed by atoms with E-state index in [9.17, 15) is 4.79 Å². The molecule has 0 unspecified atom stereocenters. The highest BCUT2D eigenvalue weighted by molar-refractivity contribution is 5.89. The number of urea groups is 1. The molecule has 1 aromatic carbocycles. The first-order valence-electron chi connectivity index (χ1n) is 7.54. The van der Waals surface area contributed by atoms with Gasteiger partial charge < -0.3 is 24.4 Å². The van der Waals surface area contributed by atoms with E-state index in [0.29, 0.717) is 18.8 Å². The maximum atomic E-state index is 12.3. The van der Waals surface area contributed by atoms with E-state index < -0.39 is 0 Å². The summed E-state index contributed by atoms with van der Waals surface area (Å²) in [5, 5.41) is 6.91. The Morgan fingerprint density at radius 3 is 2.70 bits per heavy atom. The molecule has 0 bridgehead atoms. The number of benzene rings is 1. The summed E-state index contributed by atoms with van der Waals surface area (Å²) < 4.78 is 10.3. The summed E-state index contributed by atoms with van der Waals surface area (Å²) in [6, 6.07) is 9.13. The second kappa shape index (κ2) is 6.60. The van der Waals surface area contributed by atoms with Gasteiger partial charge in [-0.15, -0.1) is 0 Å². The predicted octanol–water partition coefficient (Wildman–Crippen LogP) is 2.35. The van der Waals surface area contributed by atoms with Crippen LogP contribution in [-0.2, 0) is 0 Å². The van der Waals surface area contributed by atoms with Gasteiger partial charge in [-0.25, -0.2) is 4.79 Å². The maximum absolute atomic E-state index is 12.3. The third-order valence-electron chi connectivity index (χ3n) is 3.83. The van der Waals surface area contributed by atoms with Gasteiger partial charge in [0, 0.05) is 44.0 Å². The first kappa shape index (κ1) is 15.2. The Balaban J connectivity index is 1.55. The van der Waals surface area contributed by atoms with E-state index in [1.807, 2.05) is 31.2 Å². The molecule has 0 atom stereocenters. The number of methoxy groups -OCH3 is 1. The molecule has 3 rings (SSSR count). The molecule has 1 aliphatic rings. The number of nitrogens with zero attached hydrogens (tertiary/aromatic N) is 3. The standard InChI is InChI=1S/C16H20N4O3/c1-12-10-15(18-23-12)19-6-8-20(9-7-19)16(21)17-13-4-3-5-14(11-13)22-2/h3-5,10-11H,6-9H2,1-2H3,(H,17,21). The average Bonchev–Trinajstić information content (AvgIpc) is 3.01. The maximum Gasteiger partial charge on any atom is 0.321 e. The van der Waals surface area contributed by atoms with E-state index in [4.69, 9.17) is 9.26 Å². The lowest BCUT2D eigenvalue weighted by molar-refractivity contribution is 0.208. The number of carbonyl (C=O) groups excluding carboxylic acids is 1. The average molecular weight is 316 g/mol. The minimum atomic E-state index is -0.103. The lowest BCUT2D eigenvalue weighted by atomic mass is 10.3. The molecule has 0 radical (unpaired) electrons. The van der Waals surface area contributed by atoms with Crippen LogP contribution in [0.15, 0.2) is 34.9 Å². The van der Waals surface area contributed by atoms with E-state index in [-0.39, 0.29) is 6.03 Å². The van der Waals surface area contributed by atoms with Gasteiger partial charge in [-0.1, -0.05) is 11.2 Å². The van der Waals surface area contributed by atoms with Crippen LogP contribution in [0.25, 0.3) is 0 Å². The molecule has 2 aromatic rings. The SMILES string of the molecule is COc1cccc(NC(=O)N2CCN(c3cc(C)on3)CC2)c1. The molecule has 0 saturated carbocycles. The van der Waals surface area contributed by atoms with Crippen molar-refractivity contribution in [2.45, 2.75) is 6.92 Å². The Morgan fingerprint density at radius 1 is 1.26 bits per heavy atom.